The fourth-order valence-electron chi connectivity index (χ4n) is 4.74. The number of anilines is 1. The number of nitriles is 1. The highest BCUT2D eigenvalue weighted by Gasteiger charge is 2.48. The minimum atomic E-state index is -0.428. The van der Waals surface area contributed by atoms with Crippen LogP contribution in [0, 0.1) is 17.2 Å². The van der Waals surface area contributed by atoms with E-state index in [0.29, 0.717) is 44.2 Å². The van der Waals surface area contributed by atoms with Crippen LogP contribution in [-0.2, 0) is 4.79 Å². The maximum Gasteiger partial charge on any atom is 0.270 e. The highest BCUT2D eigenvalue weighted by Crippen LogP contribution is 2.50. The number of nitrogens with zero attached hydrogens (tertiary/aromatic N) is 6. The van der Waals surface area contributed by atoms with Crippen LogP contribution in [0.4, 0.5) is 5.69 Å². The van der Waals surface area contributed by atoms with Crippen LogP contribution < -0.4 is 14.5 Å². The number of fused-ring (bicyclic) bond motifs is 3. The van der Waals surface area contributed by atoms with Crippen molar-refractivity contribution in [3.8, 4) is 28.8 Å². The number of hydrogen-bond donors (Lipinski definition) is 0. The highest BCUT2D eigenvalue weighted by atomic mass is 35.5. The topological polar surface area (TPSA) is 104 Å². The van der Waals surface area contributed by atoms with Gasteiger partial charge in [0.05, 0.1) is 31.4 Å². The fourth-order valence-corrected chi connectivity index (χ4v) is 5.26. The minimum absolute atomic E-state index is 0.160. The minimum Gasteiger partial charge on any atom is -0.496 e. The Kier molecular flexibility index (Phi) is 6.87. The largest absolute Gasteiger partial charge is 0.496 e. The van der Waals surface area contributed by atoms with Gasteiger partial charge in [0.25, 0.3) is 5.91 Å². The SMILES string of the molecule is COc1cc2c(cc1-c1nccnc1C#N)C1C(CO2)C(C(=O)N(C)C(C)(C)C)=NN1c1cc(Cl)cc(Cl)c1. The van der Waals surface area contributed by atoms with Crippen molar-refractivity contribution in [1.82, 2.24) is 14.9 Å². The lowest BCUT2D eigenvalue weighted by Gasteiger charge is -2.36. The lowest BCUT2D eigenvalue weighted by Crippen LogP contribution is -2.48. The zero-order valence-electron chi connectivity index (χ0n) is 22.1. The number of aromatic nitrogens is 2. The van der Waals surface area contributed by atoms with Gasteiger partial charge in [0, 0.05) is 52.2 Å². The molecule has 0 aliphatic carbocycles. The normalized spacial score (nSPS) is 17.9. The number of rotatable bonds is 4. The van der Waals surface area contributed by atoms with Crippen molar-refractivity contribution in [3.63, 3.8) is 0 Å². The fraction of sp³-hybridized carbons (Fsp3) is 0.321. The monoisotopic (exact) mass is 564 g/mol. The van der Waals surface area contributed by atoms with Crippen molar-refractivity contribution in [2.75, 3.05) is 25.8 Å². The standard InChI is InChI=1S/C28H26Cl2N6O3/c1-28(2,3)35(4)27(37)25-20-14-39-23-12-22(38-5)18(24-21(13-31)32-6-7-33-24)11-19(23)26(20)36(34-25)17-9-15(29)8-16(30)10-17/h6-12,20,26H,14H2,1-5H3. The number of methoxy groups -OCH3 is 1. The molecule has 9 nitrogen and oxygen atoms in total. The second kappa shape index (κ2) is 10.0. The first-order valence-corrected chi connectivity index (χ1v) is 13.0. The van der Waals surface area contributed by atoms with Gasteiger partial charge in [-0.2, -0.15) is 10.4 Å². The van der Waals surface area contributed by atoms with Gasteiger partial charge in [0.1, 0.15) is 29.0 Å². The van der Waals surface area contributed by atoms with Gasteiger partial charge in [-0.1, -0.05) is 23.2 Å². The van der Waals surface area contributed by atoms with Crippen LogP contribution in [0.3, 0.4) is 0 Å². The second-order valence-corrected chi connectivity index (χ2v) is 11.2. The summed E-state index contributed by atoms with van der Waals surface area (Å²) in [4.78, 5) is 24.0. The summed E-state index contributed by atoms with van der Waals surface area (Å²) in [5, 5.41) is 17.2. The van der Waals surface area contributed by atoms with Crippen molar-refractivity contribution in [3.05, 3.63) is 64.0 Å². The van der Waals surface area contributed by atoms with Crippen LogP contribution >= 0.6 is 23.2 Å². The Bertz CT molecular complexity index is 1520. The van der Waals surface area contributed by atoms with E-state index in [1.165, 1.54) is 19.5 Å². The lowest BCUT2D eigenvalue weighted by atomic mass is 9.85. The van der Waals surface area contributed by atoms with Gasteiger partial charge >= 0.3 is 0 Å². The molecule has 11 heteroatoms. The van der Waals surface area contributed by atoms with Crippen LogP contribution in [0.15, 0.2) is 47.8 Å². The third-order valence-corrected chi connectivity index (χ3v) is 7.42. The van der Waals surface area contributed by atoms with Crippen LogP contribution in [0.2, 0.25) is 10.0 Å². The maximum atomic E-state index is 13.7. The summed E-state index contributed by atoms with van der Waals surface area (Å²) in [5.41, 5.74) is 2.43. The summed E-state index contributed by atoms with van der Waals surface area (Å²) < 4.78 is 11.8. The Morgan fingerprint density at radius 1 is 1.15 bits per heavy atom. The lowest BCUT2D eigenvalue weighted by molar-refractivity contribution is -0.127. The number of halogens is 2. The summed E-state index contributed by atoms with van der Waals surface area (Å²) in [5.74, 6) is 0.454. The summed E-state index contributed by atoms with van der Waals surface area (Å²) in [6.07, 6.45) is 2.98. The number of ether oxygens (including phenoxy) is 2. The number of hydrogen-bond acceptors (Lipinski definition) is 8. The summed E-state index contributed by atoms with van der Waals surface area (Å²) >= 11 is 12.7. The van der Waals surface area contributed by atoms with E-state index >= 15 is 0 Å². The molecule has 0 fully saturated rings. The van der Waals surface area contributed by atoms with E-state index in [-0.39, 0.29) is 18.2 Å². The molecule has 3 aromatic rings. The molecule has 2 aliphatic heterocycles. The molecule has 0 spiro atoms. The molecular weight excluding hydrogens is 539 g/mol. The van der Waals surface area contributed by atoms with Crippen molar-refractivity contribution >= 4 is 40.5 Å². The smallest absolute Gasteiger partial charge is 0.270 e. The molecule has 2 aromatic carbocycles. The average molecular weight is 565 g/mol. The first kappa shape index (κ1) is 26.7. The van der Waals surface area contributed by atoms with Crippen molar-refractivity contribution in [1.29, 1.82) is 5.26 Å². The predicted octanol–water partition coefficient (Wildman–Crippen LogP) is 5.51. The molecule has 0 saturated carbocycles. The molecule has 2 aliphatic rings. The molecule has 2 unspecified atom stereocenters. The van der Waals surface area contributed by atoms with Gasteiger partial charge < -0.3 is 14.4 Å². The Morgan fingerprint density at radius 3 is 2.49 bits per heavy atom. The van der Waals surface area contributed by atoms with Gasteiger partial charge in [-0.25, -0.2) is 4.98 Å². The van der Waals surface area contributed by atoms with E-state index in [4.69, 9.17) is 37.8 Å². The molecule has 1 aromatic heterocycles. The molecule has 5 rings (SSSR count). The number of benzene rings is 2. The van der Waals surface area contributed by atoms with Crippen LogP contribution in [0.25, 0.3) is 11.3 Å². The van der Waals surface area contributed by atoms with E-state index < -0.39 is 17.5 Å². The van der Waals surface area contributed by atoms with E-state index in [1.54, 1.807) is 41.2 Å². The molecule has 0 saturated heterocycles. The second-order valence-electron chi connectivity index (χ2n) is 10.3. The van der Waals surface area contributed by atoms with Gasteiger partial charge in [0.15, 0.2) is 5.69 Å². The Balaban J connectivity index is 1.70. The Morgan fingerprint density at radius 2 is 1.85 bits per heavy atom. The average Bonchev–Trinajstić information content (AvgIpc) is 3.30. The quantitative estimate of drug-likeness (QED) is 0.411. The zero-order valence-corrected chi connectivity index (χ0v) is 23.6. The molecule has 2 atom stereocenters. The first-order chi connectivity index (χ1) is 18.5. The highest BCUT2D eigenvalue weighted by molar-refractivity contribution is 6.41. The molecule has 39 heavy (non-hydrogen) atoms. The zero-order chi connectivity index (χ0) is 28.1. The Hall–Kier alpha value is -3.87. The number of amides is 1. The number of carbonyl (C=O) groups excluding carboxylic acids is 1. The predicted molar refractivity (Wildman–Crippen MR) is 149 cm³/mol. The van der Waals surface area contributed by atoms with Gasteiger partial charge in [0.2, 0.25) is 0 Å². The van der Waals surface area contributed by atoms with Crippen LogP contribution in [-0.4, -0.2) is 52.8 Å². The summed E-state index contributed by atoms with van der Waals surface area (Å²) in [6, 6.07) is 10.4. The number of hydrazone groups is 1. The van der Waals surface area contributed by atoms with Gasteiger partial charge in [-0.3, -0.25) is 14.8 Å². The van der Waals surface area contributed by atoms with Crippen LogP contribution in [0.5, 0.6) is 11.5 Å². The van der Waals surface area contributed by atoms with E-state index in [0.717, 1.165) is 5.56 Å². The number of carbonyl (C=O) groups is 1. The third kappa shape index (κ3) is 4.75. The molecule has 200 valence electrons. The first-order valence-electron chi connectivity index (χ1n) is 12.2. The molecule has 0 bridgehead atoms. The van der Waals surface area contributed by atoms with Crippen molar-refractivity contribution < 1.29 is 14.3 Å². The van der Waals surface area contributed by atoms with Crippen molar-refractivity contribution in [2.45, 2.75) is 32.4 Å². The Labute approximate surface area is 236 Å². The molecular formula is C28H26Cl2N6O3. The van der Waals surface area contributed by atoms with Gasteiger partial charge in [-0.15, -0.1) is 0 Å². The van der Waals surface area contributed by atoms with E-state index in [9.17, 15) is 10.1 Å². The van der Waals surface area contributed by atoms with Gasteiger partial charge in [-0.05, 0) is 45.0 Å². The van der Waals surface area contributed by atoms with Crippen LogP contribution in [0.1, 0.15) is 38.1 Å². The molecule has 1 amide bonds. The summed E-state index contributed by atoms with van der Waals surface area (Å²) in [7, 11) is 3.30. The summed E-state index contributed by atoms with van der Waals surface area (Å²) in [6.45, 7) is 6.12. The van der Waals surface area contributed by atoms with Crippen molar-refractivity contribution in [2.24, 2.45) is 11.0 Å². The molecule has 3 heterocycles. The molecule has 0 radical (unpaired) electrons. The maximum absolute atomic E-state index is 13.7. The molecule has 0 N–H and O–H groups in total. The van der Waals surface area contributed by atoms with E-state index in [2.05, 4.69) is 16.0 Å². The van der Waals surface area contributed by atoms with E-state index in [1.807, 2.05) is 26.8 Å². The third-order valence-electron chi connectivity index (χ3n) is 6.98.